The Morgan fingerprint density at radius 1 is 1.19 bits per heavy atom. The van der Waals surface area contributed by atoms with E-state index < -0.39 is 23.5 Å². The molecule has 1 aromatic rings. The molecule has 1 unspecified atom stereocenters. The van der Waals surface area contributed by atoms with Gasteiger partial charge >= 0.3 is 11.9 Å². The standard InChI is InChI=1S/C20H19ClO5/c1-24-18(22)20(19(23)25-2)12-17(13-7-6-8-14(21)11-13)26-16-10-5-3-4-9-15(16)20/h3-9,11,17H,10,12H2,1-2H3. The van der Waals surface area contributed by atoms with Gasteiger partial charge in [0.05, 0.1) is 14.2 Å². The van der Waals surface area contributed by atoms with Gasteiger partial charge in [-0.3, -0.25) is 9.59 Å². The van der Waals surface area contributed by atoms with E-state index in [1.165, 1.54) is 14.2 Å². The Morgan fingerprint density at radius 3 is 2.58 bits per heavy atom. The lowest BCUT2D eigenvalue weighted by molar-refractivity contribution is -0.170. The Hall–Kier alpha value is -2.53. The molecule has 0 radical (unpaired) electrons. The first kappa shape index (κ1) is 18.3. The van der Waals surface area contributed by atoms with E-state index in [0.29, 0.717) is 22.8 Å². The van der Waals surface area contributed by atoms with Crippen molar-refractivity contribution in [1.29, 1.82) is 0 Å². The van der Waals surface area contributed by atoms with Crippen LogP contribution < -0.4 is 0 Å². The maximum absolute atomic E-state index is 12.8. The van der Waals surface area contributed by atoms with Crippen molar-refractivity contribution < 1.29 is 23.8 Å². The number of carbonyl (C=O) groups excluding carboxylic acids is 2. The molecule has 3 rings (SSSR count). The Bertz CT molecular complexity index is 805. The third kappa shape index (κ3) is 3.03. The van der Waals surface area contributed by atoms with Crippen LogP contribution in [0.2, 0.25) is 5.02 Å². The van der Waals surface area contributed by atoms with Crippen LogP contribution in [-0.2, 0) is 23.8 Å². The molecule has 0 saturated heterocycles. The van der Waals surface area contributed by atoms with Gasteiger partial charge in [-0.2, -0.15) is 0 Å². The summed E-state index contributed by atoms with van der Waals surface area (Å²) in [6, 6.07) is 7.17. The van der Waals surface area contributed by atoms with E-state index >= 15 is 0 Å². The minimum absolute atomic E-state index is 0.0653. The highest BCUT2D eigenvalue weighted by Crippen LogP contribution is 2.49. The molecule has 0 bridgehead atoms. The lowest BCUT2D eigenvalue weighted by Gasteiger charge is -2.39. The molecule has 1 heterocycles. The summed E-state index contributed by atoms with van der Waals surface area (Å²) in [5, 5.41) is 0.549. The van der Waals surface area contributed by atoms with Crippen LogP contribution in [0.25, 0.3) is 0 Å². The van der Waals surface area contributed by atoms with Crippen LogP contribution in [0.15, 0.2) is 59.9 Å². The third-order valence-corrected chi connectivity index (χ3v) is 4.87. The van der Waals surface area contributed by atoms with E-state index in [1.54, 1.807) is 30.4 Å². The summed E-state index contributed by atoms with van der Waals surface area (Å²) in [5.74, 6) is -0.792. The molecule has 0 saturated carbocycles. The van der Waals surface area contributed by atoms with Gasteiger partial charge in [0.2, 0.25) is 0 Å². The molecule has 0 spiro atoms. The number of allylic oxidation sites excluding steroid dienone is 4. The summed E-state index contributed by atoms with van der Waals surface area (Å²) in [6.45, 7) is 0. The fraction of sp³-hybridized carbons (Fsp3) is 0.300. The van der Waals surface area contributed by atoms with Gasteiger partial charge < -0.3 is 14.2 Å². The van der Waals surface area contributed by atoms with Gasteiger partial charge in [0.25, 0.3) is 0 Å². The number of halogens is 1. The molecule has 5 nitrogen and oxygen atoms in total. The Morgan fingerprint density at radius 2 is 1.92 bits per heavy atom. The van der Waals surface area contributed by atoms with E-state index in [2.05, 4.69) is 0 Å². The summed E-state index contributed by atoms with van der Waals surface area (Å²) in [4.78, 5) is 25.6. The zero-order chi connectivity index (χ0) is 18.7. The summed E-state index contributed by atoms with van der Waals surface area (Å²) in [5.41, 5.74) is -0.343. The maximum atomic E-state index is 12.8. The number of ether oxygens (including phenoxy) is 3. The first-order chi connectivity index (χ1) is 12.5. The zero-order valence-electron chi connectivity index (χ0n) is 14.5. The van der Waals surface area contributed by atoms with Crippen LogP contribution >= 0.6 is 11.6 Å². The molecule has 0 aromatic heterocycles. The van der Waals surface area contributed by atoms with Gasteiger partial charge in [0, 0.05) is 23.4 Å². The number of esters is 2. The van der Waals surface area contributed by atoms with Crippen molar-refractivity contribution in [2.75, 3.05) is 14.2 Å². The molecule has 0 amide bonds. The van der Waals surface area contributed by atoms with Gasteiger partial charge in [-0.15, -0.1) is 0 Å². The second-order valence-corrected chi connectivity index (χ2v) is 6.52. The largest absolute Gasteiger partial charge is 0.489 e. The van der Waals surface area contributed by atoms with Crippen LogP contribution in [0, 0.1) is 5.41 Å². The van der Waals surface area contributed by atoms with Gasteiger partial charge in [-0.05, 0) is 17.7 Å². The zero-order valence-corrected chi connectivity index (χ0v) is 15.3. The van der Waals surface area contributed by atoms with Crippen molar-refractivity contribution in [3.05, 3.63) is 70.5 Å². The van der Waals surface area contributed by atoms with Crippen LogP contribution in [-0.4, -0.2) is 26.2 Å². The van der Waals surface area contributed by atoms with Crippen molar-refractivity contribution in [3.63, 3.8) is 0 Å². The van der Waals surface area contributed by atoms with E-state index in [0.717, 1.165) is 5.56 Å². The maximum Gasteiger partial charge on any atom is 0.328 e. The minimum Gasteiger partial charge on any atom is -0.489 e. The molecule has 1 aliphatic heterocycles. The molecular weight excluding hydrogens is 356 g/mol. The Kier molecular flexibility index (Phi) is 5.18. The van der Waals surface area contributed by atoms with E-state index in [1.807, 2.05) is 18.2 Å². The Labute approximate surface area is 156 Å². The summed E-state index contributed by atoms with van der Waals surface area (Å²) >= 11 is 6.11. The number of hydrogen-bond acceptors (Lipinski definition) is 5. The van der Waals surface area contributed by atoms with Gasteiger partial charge in [-0.1, -0.05) is 48.0 Å². The molecule has 26 heavy (non-hydrogen) atoms. The minimum atomic E-state index is -1.59. The predicted octanol–water partition coefficient (Wildman–Crippen LogP) is 3.90. The van der Waals surface area contributed by atoms with Gasteiger partial charge in [0.15, 0.2) is 5.41 Å². The van der Waals surface area contributed by atoms with Crippen LogP contribution in [0.1, 0.15) is 24.5 Å². The van der Waals surface area contributed by atoms with Crippen LogP contribution in [0.3, 0.4) is 0 Å². The fourth-order valence-corrected chi connectivity index (χ4v) is 3.61. The molecule has 1 atom stereocenters. The first-order valence-electron chi connectivity index (χ1n) is 8.18. The highest BCUT2D eigenvalue weighted by molar-refractivity contribution is 6.30. The quantitative estimate of drug-likeness (QED) is 0.593. The predicted molar refractivity (Wildman–Crippen MR) is 96.3 cm³/mol. The topological polar surface area (TPSA) is 61.8 Å². The number of methoxy groups -OCH3 is 2. The molecule has 0 N–H and O–H groups in total. The monoisotopic (exact) mass is 374 g/mol. The lowest BCUT2D eigenvalue weighted by Crippen LogP contribution is -2.46. The van der Waals surface area contributed by atoms with Gasteiger partial charge in [-0.25, -0.2) is 0 Å². The molecule has 2 aliphatic rings. The van der Waals surface area contributed by atoms with Crippen molar-refractivity contribution >= 4 is 23.5 Å². The van der Waals surface area contributed by atoms with Crippen molar-refractivity contribution in [2.24, 2.45) is 5.41 Å². The molecule has 6 heteroatoms. The van der Waals surface area contributed by atoms with E-state index in [9.17, 15) is 9.59 Å². The van der Waals surface area contributed by atoms with E-state index in [-0.39, 0.29) is 6.42 Å². The fourth-order valence-electron chi connectivity index (χ4n) is 3.41. The van der Waals surface area contributed by atoms with E-state index in [4.69, 9.17) is 25.8 Å². The molecular formula is C20H19ClO5. The number of rotatable bonds is 3. The van der Waals surface area contributed by atoms with Gasteiger partial charge in [0.1, 0.15) is 11.9 Å². The molecule has 1 aromatic carbocycles. The molecule has 0 fully saturated rings. The smallest absolute Gasteiger partial charge is 0.328 e. The second-order valence-electron chi connectivity index (χ2n) is 6.08. The second kappa shape index (κ2) is 7.38. The van der Waals surface area contributed by atoms with Crippen molar-refractivity contribution in [3.8, 4) is 0 Å². The van der Waals surface area contributed by atoms with Crippen molar-refractivity contribution in [2.45, 2.75) is 18.9 Å². The average molecular weight is 375 g/mol. The summed E-state index contributed by atoms with van der Waals surface area (Å²) in [7, 11) is 2.52. The normalized spacial score (nSPS) is 20.7. The average Bonchev–Trinajstić information content (AvgIpc) is 2.91. The molecule has 1 aliphatic carbocycles. The first-order valence-corrected chi connectivity index (χ1v) is 8.56. The Balaban J connectivity index is 2.18. The lowest BCUT2D eigenvalue weighted by atomic mass is 9.71. The summed E-state index contributed by atoms with van der Waals surface area (Å²) < 4.78 is 16.2. The highest BCUT2D eigenvalue weighted by atomic mass is 35.5. The number of benzene rings is 1. The highest BCUT2D eigenvalue weighted by Gasteiger charge is 2.56. The third-order valence-electron chi connectivity index (χ3n) is 4.64. The van der Waals surface area contributed by atoms with Crippen molar-refractivity contribution in [1.82, 2.24) is 0 Å². The molecule has 136 valence electrons. The summed E-state index contributed by atoms with van der Waals surface area (Å²) in [6.07, 6.45) is 7.21. The number of carbonyl (C=O) groups is 2. The van der Waals surface area contributed by atoms with Crippen LogP contribution in [0.5, 0.6) is 0 Å². The van der Waals surface area contributed by atoms with Crippen LogP contribution in [0.4, 0.5) is 0 Å². The number of hydrogen-bond donors (Lipinski definition) is 0. The SMILES string of the molecule is COC(=O)C1(C(=O)OC)CC(c2cccc(Cl)c2)OC2=C1C=CC=CC2.